The van der Waals surface area contributed by atoms with Crippen LogP contribution >= 0.6 is 11.6 Å². The molecule has 0 bridgehead atoms. The predicted molar refractivity (Wildman–Crippen MR) is 120 cm³/mol. The molecular weight excluding hydrogens is 456 g/mol. The standard InChI is InChI=1S/C21H27ClN4O5S/c1-20(2,13-31-3)32(29,30)21(8-9-21)12-25-18(27)16-11-23-17(26-16)19(28)24-10-14-4-6-15(22)7-5-14/h4-7,11H,8-10,12-13H2,1-3H3,(H,23,26)(H,24,28)(H,25,27). The summed E-state index contributed by atoms with van der Waals surface area (Å²) < 4.78 is 29.1. The zero-order valence-electron chi connectivity index (χ0n) is 18.2. The summed E-state index contributed by atoms with van der Waals surface area (Å²) >= 11 is 5.84. The largest absolute Gasteiger partial charge is 0.383 e. The minimum absolute atomic E-state index is 0.0147. The first kappa shape index (κ1) is 24.2. The Morgan fingerprint density at radius 1 is 1.19 bits per heavy atom. The van der Waals surface area contributed by atoms with Crippen LogP contribution in [-0.2, 0) is 21.1 Å². The van der Waals surface area contributed by atoms with Gasteiger partial charge in [-0.05, 0) is 44.4 Å². The van der Waals surface area contributed by atoms with Gasteiger partial charge in [0, 0.05) is 25.2 Å². The Kier molecular flexibility index (Phi) is 6.97. The quantitative estimate of drug-likeness (QED) is 0.475. The highest BCUT2D eigenvalue weighted by atomic mass is 35.5. The number of benzene rings is 1. The number of nitrogens with zero attached hydrogens (tertiary/aromatic N) is 1. The van der Waals surface area contributed by atoms with Gasteiger partial charge in [-0.3, -0.25) is 9.59 Å². The van der Waals surface area contributed by atoms with Gasteiger partial charge in [0.1, 0.15) is 5.69 Å². The van der Waals surface area contributed by atoms with Crippen molar-refractivity contribution >= 4 is 33.3 Å². The number of carbonyl (C=O) groups excluding carboxylic acids is 2. The van der Waals surface area contributed by atoms with Crippen LogP contribution in [0.4, 0.5) is 0 Å². The van der Waals surface area contributed by atoms with Crippen molar-refractivity contribution in [3.8, 4) is 0 Å². The molecule has 1 aromatic carbocycles. The molecule has 3 rings (SSSR count). The molecule has 0 saturated heterocycles. The van der Waals surface area contributed by atoms with Gasteiger partial charge in [-0.25, -0.2) is 13.4 Å². The molecule has 0 aliphatic heterocycles. The van der Waals surface area contributed by atoms with E-state index in [1.54, 1.807) is 38.1 Å². The summed E-state index contributed by atoms with van der Waals surface area (Å²) in [6, 6.07) is 7.03. The number of H-pyrrole nitrogens is 1. The van der Waals surface area contributed by atoms with E-state index in [-0.39, 0.29) is 31.2 Å². The first-order valence-electron chi connectivity index (χ1n) is 10.1. The number of aromatic amines is 1. The highest BCUT2D eigenvalue weighted by molar-refractivity contribution is 7.94. The van der Waals surface area contributed by atoms with Crippen molar-refractivity contribution in [2.45, 2.75) is 42.7 Å². The van der Waals surface area contributed by atoms with Crippen LogP contribution in [0.5, 0.6) is 0 Å². The second kappa shape index (κ2) is 9.21. The predicted octanol–water partition coefficient (Wildman–Crippen LogP) is 2.10. The molecule has 2 aromatic rings. The lowest BCUT2D eigenvalue weighted by molar-refractivity contribution is 0.0941. The molecule has 1 heterocycles. The zero-order chi connectivity index (χ0) is 23.6. The van der Waals surface area contributed by atoms with Gasteiger partial charge in [0.15, 0.2) is 15.7 Å². The van der Waals surface area contributed by atoms with Crippen molar-refractivity contribution in [1.82, 2.24) is 20.6 Å². The number of aromatic nitrogens is 2. The average Bonchev–Trinajstić information content (AvgIpc) is 3.39. The smallest absolute Gasteiger partial charge is 0.287 e. The van der Waals surface area contributed by atoms with Crippen LogP contribution in [0.1, 0.15) is 53.4 Å². The number of rotatable bonds is 10. The molecule has 1 saturated carbocycles. The summed E-state index contributed by atoms with van der Waals surface area (Å²) in [5.74, 6) is -1.01. The van der Waals surface area contributed by atoms with Gasteiger partial charge < -0.3 is 20.4 Å². The molecular formula is C21H27ClN4O5S. The van der Waals surface area contributed by atoms with E-state index in [2.05, 4.69) is 20.6 Å². The number of sulfone groups is 1. The van der Waals surface area contributed by atoms with Gasteiger partial charge in [0.2, 0.25) is 0 Å². The number of amides is 2. The number of imidazole rings is 1. The van der Waals surface area contributed by atoms with E-state index in [9.17, 15) is 18.0 Å². The third-order valence-corrected chi connectivity index (χ3v) is 9.09. The van der Waals surface area contributed by atoms with E-state index >= 15 is 0 Å². The van der Waals surface area contributed by atoms with Gasteiger partial charge in [-0.2, -0.15) is 0 Å². The van der Waals surface area contributed by atoms with Gasteiger partial charge in [0.25, 0.3) is 11.8 Å². The Bertz CT molecular complexity index is 1090. The summed E-state index contributed by atoms with van der Waals surface area (Å²) in [4.78, 5) is 31.5. The Morgan fingerprint density at radius 2 is 1.84 bits per heavy atom. The number of carbonyl (C=O) groups is 2. The number of hydrogen-bond donors (Lipinski definition) is 3. The lowest BCUT2D eigenvalue weighted by atomic mass is 10.2. The molecule has 9 nitrogen and oxygen atoms in total. The van der Waals surface area contributed by atoms with Crippen LogP contribution in [0, 0.1) is 0 Å². The number of ether oxygens (including phenoxy) is 1. The second-order valence-electron chi connectivity index (χ2n) is 8.52. The van der Waals surface area contributed by atoms with E-state index in [1.807, 2.05) is 0 Å². The van der Waals surface area contributed by atoms with Gasteiger partial charge in [0.05, 0.1) is 22.3 Å². The fraction of sp³-hybridized carbons (Fsp3) is 0.476. The molecule has 1 fully saturated rings. The van der Waals surface area contributed by atoms with Crippen LogP contribution in [-0.4, -0.2) is 60.0 Å². The molecule has 1 aromatic heterocycles. The summed E-state index contributed by atoms with van der Waals surface area (Å²) in [6.45, 7) is 3.57. The summed E-state index contributed by atoms with van der Waals surface area (Å²) in [7, 11) is -2.09. The second-order valence-corrected chi connectivity index (χ2v) is 11.9. The lowest BCUT2D eigenvalue weighted by Gasteiger charge is -2.29. The van der Waals surface area contributed by atoms with Gasteiger partial charge >= 0.3 is 0 Å². The van der Waals surface area contributed by atoms with E-state index in [0.29, 0.717) is 17.9 Å². The Labute approximate surface area is 192 Å². The van der Waals surface area contributed by atoms with Crippen molar-refractivity contribution in [3.63, 3.8) is 0 Å². The third kappa shape index (κ3) is 4.97. The van der Waals surface area contributed by atoms with Crippen LogP contribution in [0.15, 0.2) is 30.5 Å². The highest BCUT2D eigenvalue weighted by Crippen LogP contribution is 2.47. The maximum atomic E-state index is 13.1. The number of nitrogens with one attached hydrogen (secondary N) is 3. The van der Waals surface area contributed by atoms with E-state index in [1.165, 1.54) is 13.3 Å². The minimum atomic E-state index is -3.55. The molecule has 1 aliphatic rings. The van der Waals surface area contributed by atoms with Gasteiger partial charge in [-0.15, -0.1) is 0 Å². The summed E-state index contributed by atoms with van der Waals surface area (Å²) in [5, 5.41) is 5.97. The minimum Gasteiger partial charge on any atom is -0.383 e. The zero-order valence-corrected chi connectivity index (χ0v) is 19.8. The Hall–Kier alpha value is -2.43. The van der Waals surface area contributed by atoms with E-state index in [4.69, 9.17) is 16.3 Å². The van der Waals surface area contributed by atoms with E-state index in [0.717, 1.165) is 5.56 Å². The highest BCUT2D eigenvalue weighted by Gasteiger charge is 2.59. The summed E-state index contributed by atoms with van der Waals surface area (Å²) in [6.07, 6.45) is 2.20. The molecule has 174 valence electrons. The van der Waals surface area contributed by atoms with Crippen molar-refractivity contribution in [3.05, 3.63) is 52.6 Å². The van der Waals surface area contributed by atoms with Crippen molar-refractivity contribution in [1.29, 1.82) is 0 Å². The molecule has 11 heteroatoms. The van der Waals surface area contributed by atoms with Crippen LogP contribution < -0.4 is 10.6 Å². The first-order chi connectivity index (χ1) is 15.0. The molecule has 32 heavy (non-hydrogen) atoms. The molecule has 0 radical (unpaired) electrons. The Balaban J connectivity index is 1.58. The average molecular weight is 483 g/mol. The van der Waals surface area contributed by atoms with Crippen LogP contribution in [0.3, 0.4) is 0 Å². The fourth-order valence-corrected chi connectivity index (χ4v) is 5.92. The maximum absolute atomic E-state index is 13.1. The molecule has 1 aliphatic carbocycles. The van der Waals surface area contributed by atoms with Crippen molar-refractivity contribution < 1.29 is 22.7 Å². The van der Waals surface area contributed by atoms with Crippen LogP contribution in [0.25, 0.3) is 0 Å². The SMILES string of the molecule is COCC(C)(C)S(=O)(=O)C1(CNC(=O)c2cnc(C(=O)NCc3ccc(Cl)cc3)[nH]2)CC1. The maximum Gasteiger partial charge on any atom is 0.287 e. The normalized spacial score (nSPS) is 15.2. The monoisotopic (exact) mass is 482 g/mol. The van der Waals surface area contributed by atoms with Crippen LogP contribution in [0.2, 0.25) is 5.02 Å². The van der Waals surface area contributed by atoms with Crippen molar-refractivity contribution in [2.75, 3.05) is 20.3 Å². The topological polar surface area (TPSA) is 130 Å². The summed E-state index contributed by atoms with van der Waals surface area (Å²) in [5.41, 5.74) is 0.936. The molecule has 2 amide bonds. The number of methoxy groups -OCH3 is 1. The third-order valence-electron chi connectivity index (χ3n) is 5.57. The first-order valence-corrected chi connectivity index (χ1v) is 12.0. The Morgan fingerprint density at radius 3 is 2.44 bits per heavy atom. The lowest BCUT2D eigenvalue weighted by Crippen LogP contribution is -2.49. The molecule has 0 unspecified atom stereocenters. The molecule has 0 atom stereocenters. The number of halogens is 1. The molecule has 0 spiro atoms. The fourth-order valence-electron chi connectivity index (χ4n) is 3.45. The number of hydrogen-bond acceptors (Lipinski definition) is 6. The molecule has 3 N–H and O–H groups in total. The van der Waals surface area contributed by atoms with Crippen molar-refractivity contribution in [2.24, 2.45) is 0 Å². The van der Waals surface area contributed by atoms with E-state index < -0.39 is 31.1 Å². The van der Waals surface area contributed by atoms with Gasteiger partial charge in [-0.1, -0.05) is 23.7 Å².